The van der Waals surface area contributed by atoms with Gasteiger partial charge in [0.1, 0.15) is 0 Å². The van der Waals surface area contributed by atoms with Crippen LogP contribution in [0.2, 0.25) is 0 Å². The monoisotopic (exact) mass is 240 g/mol. The maximum atomic E-state index is 5.50. The van der Waals surface area contributed by atoms with Crippen molar-refractivity contribution in [3.63, 3.8) is 0 Å². The summed E-state index contributed by atoms with van der Waals surface area (Å²) in [6, 6.07) is 0. The van der Waals surface area contributed by atoms with Gasteiger partial charge in [-0.15, -0.1) is 11.3 Å². The Morgan fingerprint density at radius 2 is 2.56 bits per heavy atom. The van der Waals surface area contributed by atoms with Crippen molar-refractivity contribution in [1.82, 2.24) is 10.3 Å². The molecule has 1 aliphatic heterocycles. The number of nitrogens with one attached hydrogen (secondary N) is 1. The zero-order valence-corrected chi connectivity index (χ0v) is 10.7. The highest BCUT2D eigenvalue weighted by Gasteiger charge is 2.18. The molecule has 90 valence electrons. The van der Waals surface area contributed by atoms with Crippen LogP contribution in [-0.4, -0.2) is 24.7 Å². The molecule has 2 rings (SSSR count). The SMILES string of the molecule is CCCNCc1cnc(C2CCCOC2)s1. The van der Waals surface area contributed by atoms with Crippen LogP contribution >= 0.6 is 11.3 Å². The highest BCUT2D eigenvalue weighted by atomic mass is 32.1. The summed E-state index contributed by atoms with van der Waals surface area (Å²) in [5.41, 5.74) is 0. The van der Waals surface area contributed by atoms with Crippen LogP contribution in [0.5, 0.6) is 0 Å². The van der Waals surface area contributed by atoms with Gasteiger partial charge >= 0.3 is 0 Å². The lowest BCUT2D eigenvalue weighted by molar-refractivity contribution is 0.0804. The molecule has 0 aromatic carbocycles. The molecular weight excluding hydrogens is 220 g/mol. The zero-order chi connectivity index (χ0) is 11.2. The Balaban J connectivity index is 1.85. The standard InChI is InChI=1S/C12H20N2OS/c1-2-5-13-7-11-8-14-12(16-11)10-4-3-6-15-9-10/h8,10,13H,2-7,9H2,1H3. The lowest BCUT2D eigenvalue weighted by Crippen LogP contribution is -2.15. The predicted molar refractivity (Wildman–Crippen MR) is 66.9 cm³/mol. The summed E-state index contributed by atoms with van der Waals surface area (Å²) in [7, 11) is 0. The van der Waals surface area contributed by atoms with E-state index >= 15 is 0 Å². The first-order valence-corrected chi connectivity index (χ1v) is 6.95. The molecule has 16 heavy (non-hydrogen) atoms. The summed E-state index contributed by atoms with van der Waals surface area (Å²) in [6.45, 7) is 6.01. The summed E-state index contributed by atoms with van der Waals surface area (Å²) in [5.74, 6) is 0.540. The van der Waals surface area contributed by atoms with Crippen LogP contribution in [0.15, 0.2) is 6.20 Å². The van der Waals surface area contributed by atoms with Crippen molar-refractivity contribution < 1.29 is 4.74 Å². The maximum Gasteiger partial charge on any atom is 0.0982 e. The van der Waals surface area contributed by atoms with Gasteiger partial charge in [0.15, 0.2) is 0 Å². The van der Waals surface area contributed by atoms with Crippen LogP contribution in [-0.2, 0) is 11.3 Å². The Hall–Kier alpha value is -0.450. The van der Waals surface area contributed by atoms with Crippen molar-refractivity contribution in [1.29, 1.82) is 0 Å². The van der Waals surface area contributed by atoms with Crippen LogP contribution in [0.3, 0.4) is 0 Å². The third-order valence-corrected chi connectivity index (χ3v) is 3.97. The highest BCUT2D eigenvalue weighted by Crippen LogP contribution is 2.28. The number of nitrogens with zero attached hydrogens (tertiary/aromatic N) is 1. The molecule has 1 aromatic heterocycles. The molecule has 1 unspecified atom stereocenters. The van der Waals surface area contributed by atoms with Crippen molar-refractivity contribution in [2.24, 2.45) is 0 Å². The van der Waals surface area contributed by atoms with Crippen LogP contribution in [0.4, 0.5) is 0 Å². The smallest absolute Gasteiger partial charge is 0.0982 e. The number of aromatic nitrogens is 1. The Labute approximate surface area is 101 Å². The summed E-state index contributed by atoms with van der Waals surface area (Å²) in [4.78, 5) is 5.86. The molecule has 0 saturated carbocycles. The second-order valence-electron chi connectivity index (χ2n) is 4.26. The van der Waals surface area contributed by atoms with E-state index < -0.39 is 0 Å². The molecule has 0 amide bonds. The summed E-state index contributed by atoms with van der Waals surface area (Å²) in [6.07, 6.45) is 5.60. The van der Waals surface area contributed by atoms with Gasteiger partial charge in [-0.05, 0) is 25.8 Å². The molecule has 3 nitrogen and oxygen atoms in total. The van der Waals surface area contributed by atoms with Crippen LogP contribution in [0, 0.1) is 0 Å². The fraction of sp³-hybridized carbons (Fsp3) is 0.750. The predicted octanol–water partition coefficient (Wildman–Crippen LogP) is 2.54. The van der Waals surface area contributed by atoms with E-state index in [1.165, 1.54) is 29.1 Å². The average Bonchev–Trinajstić information content (AvgIpc) is 2.79. The van der Waals surface area contributed by atoms with E-state index in [4.69, 9.17) is 4.74 Å². The fourth-order valence-electron chi connectivity index (χ4n) is 1.92. The van der Waals surface area contributed by atoms with Gasteiger partial charge < -0.3 is 10.1 Å². The highest BCUT2D eigenvalue weighted by molar-refractivity contribution is 7.11. The molecule has 0 radical (unpaired) electrons. The first-order chi connectivity index (χ1) is 7.90. The Morgan fingerprint density at radius 1 is 1.62 bits per heavy atom. The molecule has 1 atom stereocenters. The number of hydrogen-bond donors (Lipinski definition) is 1. The Kier molecular flexibility index (Phi) is 4.75. The van der Waals surface area contributed by atoms with Crippen molar-refractivity contribution in [2.75, 3.05) is 19.8 Å². The normalized spacial score (nSPS) is 21.2. The summed E-state index contributed by atoms with van der Waals surface area (Å²) >= 11 is 1.84. The Bertz CT molecular complexity index is 308. The quantitative estimate of drug-likeness (QED) is 0.803. The van der Waals surface area contributed by atoms with Gasteiger partial charge in [-0.1, -0.05) is 6.92 Å². The third-order valence-electron chi connectivity index (χ3n) is 2.81. The summed E-state index contributed by atoms with van der Waals surface area (Å²) in [5, 5.41) is 4.66. The van der Waals surface area contributed by atoms with Gasteiger partial charge in [-0.2, -0.15) is 0 Å². The number of rotatable bonds is 5. The summed E-state index contributed by atoms with van der Waals surface area (Å²) < 4.78 is 5.50. The van der Waals surface area contributed by atoms with E-state index in [9.17, 15) is 0 Å². The van der Waals surface area contributed by atoms with Crippen LogP contribution in [0.25, 0.3) is 0 Å². The van der Waals surface area contributed by atoms with E-state index in [0.717, 1.165) is 26.3 Å². The lowest BCUT2D eigenvalue weighted by atomic mass is 10.0. The largest absolute Gasteiger partial charge is 0.381 e. The second kappa shape index (κ2) is 6.33. The molecule has 1 aromatic rings. The van der Waals surface area contributed by atoms with Gasteiger partial charge in [-0.3, -0.25) is 0 Å². The molecule has 2 heterocycles. The van der Waals surface area contributed by atoms with Gasteiger partial charge in [0.25, 0.3) is 0 Å². The minimum atomic E-state index is 0.540. The fourth-order valence-corrected chi connectivity index (χ4v) is 2.92. The second-order valence-corrected chi connectivity index (χ2v) is 5.40. The molecule has 1 aliphatic rings. The molecule has 1 fully saturated rings. The van der Waals surface area contributed by atoms with Gasteiger partial charge in [-0.25, -0.2) is 4.98 Å². The third kappa shape index (κ3) is 3.27. The minimum absolute atomic E-state index is 0.540. The van der Waals surface area contributed by atoms with E-state index in [2.05, 4.69) is 17.2 Å². The Morgan fingerprint density at radius 3 is 3.31 bits per heavy atom. The first-order valence-electron chi connectivity index (χ1n) is 6.13. The van der Waals surface area contributed by atoms with Gasteiger partial charge in [0.2, 0.25) is 0 Å². The molecule has 0 aliphatic carbocycles. The van der Waals surface area contributed by atoms with Crippen molar-refractivity contribution in [3.8, 4) is 0 Å². The van der Waals surface area contributed by atoms with Crippen molar-refractivity contribution in [2.45, 2.75) is 38.6 Å². The number of ether oxygens (including phenoxy) is 1. The van der Waals surface area contributed by atoms with Gasteiger partial charge in [0.05, 0.1) is 11.6 Å². The first kappa shape index (κ1) is 12.0. The molecule has 1 N–H and O–H groups in total. The van der Waals surface area contributed by atoms with Gasteiger partial charge in [0, 0.05) is 30.1 Å². The minimum Gasteiger partial charge on any atom is -0.381 e. The topological polar surface area (TPSA) is 34.2 Å². The molecule has 0 spiro atoms. The van der Waals surface area contributed by atoms with Crippen molar-refractivity contribution in [3.05, 3.63) is 16.1 Å². The molecule has 4 heteroatoms. The van der Waals surface area contributed by atoms with E-state index in [-0.39, 0.29) is 0 Å². The van der Waals surface area contributed by atoms with E-state index in [1.54, 1.807) is 0 Å². The lowest BCUT2D eigenvalue weighted by Gasteiger charge is -2.19. The van der Waals surface area contributed by atoms with Crippen molar-refractivity contribution >= 4 is 11.3 Å². The average molecular weight is 240 g/mol. The van der Waals surface area contributed by atoms with E-state index in [0.29, 0.717) is 5.92 Å². The zero-order valence-electron chi connectivity index (χ0n) is 9.87. The molecule has 1 saturated heterocycles. The van der Waals surface area contributed by atoms with E-state index in [1.807, 2.05) is 17.5 Å². The van der Waals surface area contributed by atoms with Crippen LogP contribution in [0.1, 0.15) is 42.0 Å². The molecular formula is C12H20N2OS. The van der Waals surface area contributed by atoms with Crippen LogP contribution < -0.4 is 5.32 Å². The molecule has 0 bridgehead atoms. The number of thiazole rings is 1. The number of hydrogen-bond acceptors (Lipinski definition) is 4. The maximum absolute atomic E-state index is 5.50.